The van der Waals surface area contributed by atoms with Crippen LogP contribution in [0, 0.1) is 12.8 Å². The van der Waals surface area contributed by atoms with Gasteiger partial charge in [0.1, 0.15) is 10.4 Å². The summed E-state index contributed by atoms with van der Waals surface area (Å²) >= 11 is 0. The molecule has 0 saturated heterocycles. The van der Waals surface area contributed by atoms with Crippen LogP contribution in [0.2, 0.25) is 0 Å². The molecular weight excluding hydrogens is 266 g/mol. The van der Waals surface area contributed by atoms with E-state index < -0.39 is 21.6 Å². The summed E-state index contributed by atoms with van der Waals surface area (Å²) in [5.41, 5.74) is 5.41. The van der Waals surface area contributed by atoms with Crippen LogP contribution in [0.1, 0.15) is 12.0 Å². The van der Waals surface area contributed by atoms with E-state index in [-0.39, 0.29) is 10.8 Å². The van der Waals surface area contributed by atoms with E-state index >= 15 is 0 Å². The lowest BCUT2D eigenvalue weighted by Crippen LogP contribution is -2.38. The van der Waals surface area contributed by atoms with Crippen LogP contribution in [-0.2, 0) is 19.1 Å². The summed E-state index contributed by atoms with van der Waals surface area (Å²) in [6.45, 7) is 5.36. The molecule has 0 heterocycles. The van der Waals surface area contributed by atoms with Gasteiger partial charge in [-0.15, -0.1) is 6.58 Å². The first-order valence-corrected chi connectivity index (χ1v) is 7.17. The first-order chi connectivity index (χ1) is 8.79. The summed E-state index contributed by atoms with van der Waals surface area (Å²) in [6.07, 6.45) is 1.89. The third kappa shape index (κ3) is 2.54. The normalized spacial score (nSPS) is 25.7. The summed E-state index contributed by atoms with van der Waals surface area (Å²) in [5.74, 6) is -1.16. The quantitative estimate of drug-likeness (QED) is 0.660. The van der Waals surface area contributed by atoms with Gasteiger partial charge < -0.3 is 9.92 Å². The SMILES string of the molecule is C=CC1CC1(N)C(=O)OS(=O)(=O)c1ccc(C)cc1. The first-order valence-electron chi connectivity index (χ1n) is 5.76. The van der Waals surface area contributed by atoms with Crippen LogP contribution in [0.4, 0.5) is 0 Å². The van der Waals surface area contributed by atoms with Crippen molar-refractivity contribution in [2.75, 3.05) is 0 Å². The molecule has 102 valence electrons. The highest BCUT2D eigenvalue weighted by molar-refractivity contribution is 7.87. The molecule has 0 aliphatic heterocycles. The van der Waals surface area contributed by atoms with Gasteiger partial charge in [-0.05, 0) is 25.5 Å². The molecule has 1 aliphatic rings. The Morgan fingerprint density at radius 3 is 2.53 bits per heavy atom. The zero-order valence-electron chi connectivity index (χ0n) is 10.5. The molecule has 1 fully saturated rings. The minimum atomic E-state index is -4.11. The zero-order valence-corrected chi connectivity index (χ0v) is 11.3. The first kappa shape index (κ1) is 13.8. The lowest BCUT2D eigenvalue weighted by molar-refractivity contribution is -0.136. The third-order valence-electron chi connectivity index (χ3n) is 3.22. The molecule has 5 nitrogen and oxygen atoms in total. The minimum absolute atomic E-state index is 0.0640. The maximum absolute atomic E-state index is 11.9. The van der Waals surface area contributed by atoms with Crippen molar-refractivity contribution in [3.63, 3.8) is 0 Å². The molecule has 1 aromatic rings. The lowest BCUT2D eigenvalue weighted by atomic mass is 10.2. The molecule has 2 rings (SSSR count). The zero-order chi connectivity index (χ0) is 14.3. The molecule has 2 N–H and O–H groups in total. The van der Waals surface area contributed by atoms with Gasteiger partial charge in [0.05, 0.1) is 0 Å². The van der Waals surface area contributed by atoms with Crippen LogP contribution < -0.4 is 5.73 Å². The summed E-state index contributed by atoms with van der Waals surface area (Å²) in [6, 6.07) is 6.03. The van der Waals surface area contributed by atoms with E-state index in [9.17, 15) is 13.2 Å². The van der Waals surface area contributed by atoms with Gasteiger partial charge in [-0.25, -0.2) is 4.79 Å². The minimum Gasteiger partial charge on any atom is -0.340 e. The number of benzene rings is 1. The maximum atomic E-state index is 11.9. The topological polar surface area (TPSA) is 86.5 Å². The summed E-state index contributed by atoms with van der Waals surface area (Å²) in [7, 11) is -4.11. The van der Waals surface area contributed by atoms with Crippen LogP contribution in [0.25, 0.3) is 0 Å². The molecule has 0 aromatic heterocycles. The Hall–Kier alpha value is -1.66. The molecule has 0 amide bonds. The highest BCUT2D eigenvalue weighted by Gasteiger charge is 2.58. The van der Waals surface area contributed by atoms with Crippen LogP contribution in [0.3, 0.4) is 0 Å². The summed E-state index contributed by atoms with van der Waals surface area (Å²) in [5, 5.41) is 0. The lowest BCUT2D eigenvalue weighted by Gasteiger charge is -2.10. The highest BCUT2D eigenvalue weighted by Crippen LogP contribution is 2.43. The predicted molar refractivity (Wildman–Crippen MR) is 69.7 cm³/mol. The second-order valence-corrected chi connectivity index (χ2v) is 6.27. The fourth-order valence-electron chi connectivity index (χ4n) is 1.76. The fourth-order valence-corrected chi connectivity index (χ4v) is 2.68. The number of hydrogen-bond acceptors (Lipinski definition) is 5. The van der Waals surface area contributed by atoms with Crippen molar-refractivity contribution in [2.45, 2.75) is 23.8 Å². The van der Waals surface area contributed by atoms with Crippen molar-refractivity contribution in [3.8, 4) is 0 Å². The molecule has 0 radical (unpaired) electrons. The second-order valence-electron chi connectivity index (χ2n) is 4.72. The monoisotopic (exact) mass is 281 g/mol. The smallest absolute Gasteiger partial charge is 0.340 e. The molecule has 1 aliphatic carbocycles. The molecule has 0 bridgehead atoms. The van der Waals surface area contributed by atoms with Crippen LogP contribution >= 0.6 is 0 Å². The van der Waals surface area contributed by atoms with Crippen molar-refractivity contribution in [2.24, 2.45) is 11.7 Å². The van der Waals surface area contributed by atoms with Crippen LogP contribution in [0.15, 0.2) is 41.8 Å². The number of carbonyl (C=O) groups is 1. The Morgan fingerprint density at radius 2 is 2.05 bits per heavy atom. The second kappa shape index (κ2) is 4.47. The molecule has 2 unspecified atom stereocenters. The van der Waals surface area contributed by atoms with E-state index in [1.54, 1.807) is 12.1 Å². The van der Waals surface area contributed by atoms with Crippen molar-refractivity contribution in [1.29, 1.82) is 0 Å². The van der Waals surface area contributed by atoms with Crippen molar-refractivity contribution in [3.05, 3.63) is 42.5 Å². The van der Waals surface area contributed by atoms with Crippen molar-refractivity contribution < 1.29 is 17.4 Å². The molecule has 1 aromatic carbocycles. The van der Waals surface area contributed by atoms with E-state index in [0.29, 0.717) is 6.42 Å². The van der Waals surface area contributed by atoms with E-state index in [0.717, 1.165) is 5.56 Å². The number of nitrogens with two attached hydrogens (primary N) is 1. The van der Waals surface area contributed by atoms with Crippen LogP contribution in [-0.4, -0.2) is 19.9 Å². The Kier molecular flexibility index (Phi) is 3.24. The summed E-state index contributed by atoms with van der Waals surface area (Å²) in [4.78, 5) is 11.7. The largest absolute Gasteiger partial charge is 0.342 e. The number of rotatable bonds is 4. The highest BCUT2D eigenvalue weighted by atomic mass is 32.2. The van der Waals surface area contributed by atoms with Gasteiger partial charge in [-0.1, -0.05) is 23.8 Å². The molecule has 0 spiro atoms. The van der Waals surface area contributed by atoms with Crippen molar-refractivity contribution in [1.82, 2.24) is 0 Å². The Morgan fingerprint density at radius 1 is 1.47 bits per heavy atom. The predicted octanol–water partition coefficient (Wildman–Crippen LogP) is 1.13. The van der Waals surface area contributed by atoms with Gasteiger partial charge in [0.2, 0.25) is 0 Å². The number of hydrogen-bond donors (Lipinski definition) is 1. The van der Waals surface area contributed by atoms with Gasteiger partial charge in [-0.2, -0.15) is 8.42 Å². The average molecular weight is 281 g/mol. The van der Waals surface area contributed by atoms with Crippen LogP contribution in [0.5, 0.6) is 0 Å². The molecule has 2 atom stereocenters. The van der Waals surface area contributed by atoms with Crippen molar-refractivity contribution >= 4 is 16.1 Å². The Balaban J connectivity index is 2.16. The van der Waals surface area contributed by atoms with Gasteiger partial charge in [0.25, 0.3) is 0 Å². The van der Waals surface area contributed by atoms with Gasteiger partial charge in [0.15, 0.2) is 0 Å². The van der Waals surface area contributed by atoms with E-state index in [1.165, 1.54) is 18.2 Å². The Bertz CT molecular complexity index is 621. The van der Waals surface area contributed by atoms with E-state index in [4.69, 9.17) is 5.73 Å². The third-order valence-corrected chi connectivity index (χ3v) is 4.44. The average Bonchev–Trinajstić information content (AvgIpc) is 3.02. The fraction of sp³-hybridized carbons (Fsp3) is 0.308. The maximum Gasteiger partial charge on any atom is 0.342 e. The number of carbonyl (C=O) groups excluding carboxylic acids is 1. The molecule has 19 heavy (non-hydrogen) atoms. The van der Waals surface area contributed by atoms with Gasteiger partial charge in [0, 0.05) is 5.92 Å². The molecule has 6 heteroatoms. The Labute approximate surface area is 112 Å². The van der Waals surface area contributed by atoms with E-state index in [1.807, 2.05) is 6.92 Å². The van der Waals surface area contributed by atoms with Gasteiger partial charge >= 0.3 is 16.1 Å². The number of aryl methyl sites for hydroxylation is 1. The van der Waals surface area contributed by atoms with Gasteiger partial charge in [-0.3, -0.25) is 0 Å². The molecular formula is C13H15NO4S. The molecule has 1 saturated carbocycles. The standard InChI is InChI=1S/C13H15NO4S/c1-3-10-8-13(10,14)12(15)18-19(16,17)11-6-4-9(2)5-7-11/h3-7,10H,1,8,14H2,2H3. The summed E-state index contributed by atoms with van der Waals surface area (Å²) < 4.78 is 28.4. The van der Waals surface area contributed by atoms with E-state index in [2.05, 4.69) is 10.8 Å².